The maximum absolute atomic E-state index is 12.1. The first-order valence-electron chi connectivity index (χ1n) is 4.99. The summed E-state index contributed by atoms with van der Waals surface area (Å²) in [5.74, 6) is -1.57. The number of halogens is 5. The molecule has 1 rings (SSSR count). The van der Waals surface area contributed by atoms with Crippen molar-refractivity contribution < 1.29 is 36.2 Å². The van der Waals surface area contributed by atoms with Gasteiger partial charge in [-0.25, -0.2) is 0 Å². The summed E-state index contributed by atoms with van der Waals surface area (Å²) in [7, 11) is 0. The molecule has 0 N–H and O–H groups in total. The molecule has 0 spiro atoms. The van der Waals surface area contributed by atoms with Crippen LogP contribution in [0.5, 0.6) is 11.5 Å². The summed E-state index contributed by atoms with van der Waals surface area (Å²) in [6, 6.07) is 2.66. The van der Waals surface area contributed by atoms with Gasteiger partial charge >= 0.3 is 13.0 Å². The van der Waals surface area contributed by atoms with Gasteiger partial charge in [-0.2, -0.15) is 8.78 Å². The molecule has 1 aromatic carbocycles. The van der Waals surface area contributed by atoms with Crippen LogP contribution in [0.4, 0.5) is 22.0 Å². The Kier molecular flexibility index (Phi) is 4.68. The maximum atomic E-state index is 12.1. The molecule has 8 heteroatoms. The monoisotopic (exact) mass is 284 g/mol. The fourth-order valence-corrected chi connectivity index (χ4v) is 1.38. The molecule has 19 heavy (non-hydrogen) atoms. The molecule has 3 nitrogen and oxygen atoms in total. The second-order valence-electron chi connectivity index (χ2n) is 3.62. The first kappa shape index (κ1) is 15.2. The summed E-state index contributed by atoms with van der Waals surface area (Å²) >= 11 is 0. The second-order valence-corrected chi connectivity index (χ2v) is 3.62. The number of benzene rings is 1. The zero-order chi connectivity index (χ0) is 14.6. The molecular formula is C11H9F5O3. The van der Waals surface area contributed by atoms with E-state index in [9.17, 15) is 26.7 Å². The quantitative estimate of drug-likeness (QED) is 0.778. The Hall–Kier alpha value is -1.86. The number of hydrogen-bond acceptors (Lipinski definition) is 3. The van der Waals surface area contributed by atoms with Gasteiger partial charge in [-0.3, -0.25) is 4.79 Å². The number of carbonyl (C=O) groups excluding carboxylic acids is 1. The first-order chi connectivity index (χ1) is 8.65. The topological polar surface area (TPSA) is 35.5 Å². The van der Waals surface area contributed by atoms with E-state index < -0.39 is 24.5 Å². The summed E-state index contributed by atoms with van der Waals surface area (Å²) in [6.07, 6.45) is -5.17. The molecule has 0 amide bonds. The lowest BCUT2D eigenvalue weighted by molar-refractivity contribution is -0.274. The van der Waals surface area contributed by atoms with Crippen molar-refractivity contribution in [1.29, 1.82) is 0 Å². The lowest BCUT2D eigenvalue weighted by Gasteiger charge is -2.12. The van der Waals surface area contributed by atoms with Crippen LogP contribution in [0.1, 0.15) is 12.5 Å². The van der Waals surface area contributed by atoms with Crippen molar-refractivity contribution in [1.82, 2.24) is 0 Å². The van der Waals surface area contributed by atoms with Crippen LogP contribution >= 0.6 is 0 Å². The van der Waals surface area contributed by atoms with E-state index in [1.54, 1.807) is 0 Å². The molecule has 0 atom stereocenters. The van der Waals surface area contributed by atoms with E-state index >= 15 is 0 Å². The standard InChI is InChI=1S/C11H9F5O3/c1-6(17)2-7-3-8(18-10(12)13)5-9(4-7)19-11(14,15)16/h3-5,10H,2H2,1H3. The molecule has 0 aliphatic carbocycles. The normalized spacial score (nSPS) is 11.5. The van der Waals surface area contributed by atoms with Crippen molar-refractivity contribution in [3.8, 4) is 11.5 Å². The van der Waals surface area contributed by atoms with Crippen LogP contribution in [-0.4, -0.2) is 18.8 Å². The van der Waals surface area contributed by atoms with Gasteiger partial charge in [0.05, 0.1) is 0 Å². The molecule has 0 radical (unpaired) electrons. The second kappa shape index (κ2) is 5.85. The maximum Gasteiger partial charge on any atom is 0.573 e. The van der Waals surface area contributed by atoms with Crippen LogP contribution in [0.3, 0.4) is 0 Å². The first-order valence-corrected chi connectivity index (χ1v) is 4.99. The molecular weight excluding hydrogens is 275 g/mol. The Morgan fingerprint density at radius 3 is 2.26 bits per heavy atom. The number of Topliss-reactive ketones (excluding diaryl/α,β-unsaturated/α-hetero) is 1. The van der Waals surface area contributed by atoms with E-state index in [0.717, 1.165) is 12.1 Å². The molecule has 0 aliphatic heterocycles. The van der Waals surface area contributed by atoms with Crippen LogP contribution in [0, 0.1) is 0 Å². The third kappa shape index (κ3) is 6.03. The highest BCUT2D eigenvalue weighted by Gasteiger charge is 2.31. The predicted octanol–water partition coefficient (Wildman–Crippen LogP) is 3.32. The van der Waals surface area contributed by atoms with Crippen LogP contribution < -0.4 is 9.47 Å². The van der Waals surface area contributed by atoms with Gasteiger partial charge in [-0.15, -0.1) is 13.2 Å². The van der Waals surface area contributed by atoms with Crippen LogP contribution in [0.25, 0.3) is 0 Å². The molecule has 0 unspecified atom stereocenters. The van der Waals surface area contributed by atoms with Crippen molar-refractivity contribution in [2.24, 2.45) is 0 Å². The fourth-order valence-electron chi connectivity index (χ4n) is 1.38. The highest BCUT2D eigenvalue weighted by Crippen LogP contribution is 2.29. The van der Waals surface area contributed by atoms with Gasteiger partial charge in [0, 0.05) is 12.5 Å². The average Bonchev–Trinajstić information content (AvgIpc) is 2.10. The Labute approximate surface area is 104 Å². The van der Waals surface area contributed by atoms with Crippen LogP contribution in [0.2, 0.25) is 0 Å². The molecule has 0 heterocycles. The van der Waals surface area contributed by atoms with Gasteiger partial charge in [0.25, 0.3) is 0 Å². The number of carbonyl (C=O) groups is 1. The highest BCUT2D eigenvalue weighted by molar-refractivity contribution is 5.78. The summed E-state index contributed by atoms with van der Waals surface area (Å²) in [5.41, 5.74) is 0.0879. The van der Waals surface area contributed by atoms with E-state index in [1.807, 2.05) is 0 Å². The van der Waals surface area contributed by atoms with E-state index in [0.29, 0.717) is 6.07 Å². The van der Waals surface area contributed by atoms with E-state index in [2.05, 4.69) is 9.47 Å². The summed E-state index contributed by atoms with van der Waals surface area (Å²) in [4.78, 5) is 10.9. The van der Waals surface area contributed by atoms with Gasteiger partial charge in [0.15, 0.2) is 0 Å². The van der Waals surface area contributed by atoms with Crippen molar-refractivity contribution in [3.05, 3.63) is 23.8 Å². The van der Waals surface area contributed by atoms with Crippen molar-refractivity contribution in [2.45, 2.75) is 26.3 Å². The molecule has 1 aromatic rings. The zero-order valence-electron chi connectivity index (χ0n) is 9.63. The largest absolute Gasteiger partial charge is 0.573 e. The Morgan fingerprint density at radius 1 is 1.21 bits per heavy atom. The molecule has 0 saturated carbocycles. The number of hydrogen-bond donors (Lipinski definition) is 0. The molecule has 0 fully saturated rings. The zero-order valence-corrected chi connectivity index (χ0v) is 9.63. The number of rotatable bonds is 5. The lowest BCUT2D eigenvalue weighted by Crippen LogP contribution is -2.17. The number of ether oxygens (including phenoxy) is 2. The van der Waals surface area contributed by atoms with Crippen LogP contribution in [0.15, 0.2) is 18.2 Å². The van der Waals surface area contributed by atoms with Crippen molar-refractivity contribution in [2.75, 3.05) is 0 Å². The minimum atomic E-state index is -4.96. The average molecular weight is 284 g/mol. The molecule has 0 bridgehead atoms. The summed E-state index contributed by atoms with van der Waals surface area (Å²) in [6.45, 7) is -1.98. The van der Waals surface area contributed by atoms with E-state index in [-0.39, 0.29) is 17.8 Å². The predicted molar refractivity (Wildman–Crippen MR) is 54.1 cm³/mol. The van der Waals surface area contributed by atoms with Gasteiger partial charge in [-0.05, 0) is 24.6 Å². The van der Waals surface area contributed by atoms with E-state index in [1.165, 1.54) is 6.92 Å². The van der Waals surface area contributed by atoms with Gasteiger partial charge < -0.3 is 9.47 Å². The highest BCUT2D eigenvalue weighted by atomic mass is 19.4. The number of ketones is 1. The molecule has 0 saturated heterocycles. The summed E-state index contributed by atoms with van der Waals surface area (Å²) < 4.78 is 67.8. The van der Waals surface area contributed by atoms with Gasteiger partial charge in [-0.1, -0.05) is 0 Å². The molecule has 0 aromatic heterocycles. The third-order valence-electron chi connectivity index (χ3n) is 1.85. The van der Waals surface area contributed by atoms with Crippen molar-refractivity contribution >= 4 is 5.78 Å². The minimum Gasteiger partial charge on any atom is -0.435 e. The van der Waals surface area contributed by atoms with Crippen molar-refractivity contribution in [3.63, 3.8) is 0 Å². The van der Waals surface area contributed by atoms with Gasteiger partial charge in [0.2, 0.25) is 0 Å². The number of alkyl halides is 5. The minimum absolute atomic E-state index is 0.0879. The summed E-state index contributed by atoms with van der Waals surface area (Å²) in [5, 5.41) is 0. The van der Waals surface area contributed by atoms with Gasteiger partial charge in [0.1, 0.15) is 17.3 Å². The fraction of sp³-hybridized carbons (Fsp3) is 0.364. The lowest BCUT2D eigenvalue weighted by atomic mass is 10.1. The smallest absolute Gasteiger partial charge is 0.435 e. The Morgan fingerprint density at radius 2 is 1.79 bits per heavy atom. The third-order valence-corrected chi connectivity index (χ3v) is 1.85. The van der Waals surface area contributed by atoms with E-state index in [4.69, 9.17) is 0 Å². The Bertz CT molecular complexity index is 456. The van der Waals surface area contributed by atoms with Crippen LogP contribution in [-0.2, 0) is 11.2 Å². The molecule has 106 valence electrons. The SMILES string of the molecule is CC(=O)Cc1cc(OC(F)F)cc(OC(F)(F)F)c1. The Balaban J connectivity index is 3.04. The molecule has 0 aliphatic rings.